The fourth-order valence-corrected chi connectivity index (χ4v) is 1.95. The topological polar surface area (TPSA) is 64.3 Å². The normalized spacial score (nSPS) is 20.7. The smallest absolute Gasteiger partial charge is 0.225 e. The maximum Gasteiger partial charge on any atom is 0.225 e. The van der Waals surface area contributed by atoms with E-state index < -0.39 is 0 Å². The molecule has 1 fully saturated rings. The Balaban J connectivity index is 1.91. The highest BCUT2D eigenvalue weighted by Gasteiger charge is 2.16. The molecule has 0 aromatic carbocycles. The molecule has 5 heteroatoms. The lowest BCUT2D eigenvalue weighted by molar-refractivity contribution is 0.0575. The molecule has 1 aliphatic heterocycles. The van der Waals surface area contributed by atoms with Crippen LogP contribution in [0.1, 0.15) is 12.8 Å². The van der Waals surface area contributed by atoms with Gasteiger partial charge < -0.3 is 15.4 Å². The maximum atomic E-state index is 5.55. The van der Waals surface area contributed by atoms with Crippen molar-refractivity contribution in [3.05, 3.63) is 12.4 Å². The van der Waals surface area contributed by atoms with Crippen molar-refractivity contribution < 1.29 is 4.74 Å². The van der Waals surface area contributed by atoms with E-state index in [1.807, 2.05) is 7.05 Å². The zero-order valence-electron chi connectivity index (χ0n) is 9.59. The summed E-state index contributed by atoms with van der Waals surface area (Å²) >= 11 is 0. The van der Waals surface area contributed by atoms with Crippen LogP contribution in [0.5, 0.6) is 0 Å². The highest BCUT2D eigenvalue weighted by molar-refractivity contribution is 5.37. The number of anilines is 2. The van der Waals surface area contributed by atoms with Crippen LogP contribution in [0.2, 0.25) is 0 Å². The molecule has 5 nitrogen and oxygen atoms in total. The van der Waals surface area contributed by atoms with Crippen molar-refractivity contribution in [3.63, 3.8) is 0 Å². The Kier molecular flexibility index (Phi) is 3.56. The first-order chi connectivity index (χ1) is 7.75. The Bertz CT molecular complexity index is 321. The van der Waals surface area contributed by atoms with E-state index >= 15 is 0 Å². The van der Waals surface area contributed by atoms with Crippen molar-refractivity contribution in [3.8, 4) is 0 Å². The second kappa shape index (κ2) is 5.12. The molecule has 2 rings (SSSR count). The molecule has 16 heavy (non-hydrogen) atoms. The third-order valence-electron chi connectivity index (χ3n) is 2.79. The quantitative estimate of drug-likeness (QED) is 0.824. The Morgan fingerprint density at radius 1 is 1.50 bits per heavy atom. The average molecular weight is 222 g/mol. The van der Waals surface area contributed by atoms with Gasteiger partial charge in [0, 0.05) is 20.2 Å². The molecule has 1 aliphatic rings. The Morgan fingerprint density at radius 2 is 2.25 bits per heavy atom. The van der Waals surface area contributed by atoms with Crippen molar-refractivity contribution in [2.45, 2.75) is 12.8 Å². The van der Waals surface area contributed by atoms with E-state index in [1.54, 1.807) is 12.4 Å². The van der Waals surface area contributed by atoms with Gasteiger partial charge in [-0.3, -0.25) is 0 Å². The van der Waals surface area contributed by atoms with E-state index in [-0.39, 0.29) is 0 Å². The second-order valence-electron chi connectivity index (χ2n) is 4.28. The van der Waals surface area contributed by atoms with Crippen LogP contribution in [0.15, 0.2) is 12.4 Å². The number of hydrogen-bond acceptors (Lipinski definition) is 5. The fourth-order valence-electron chi connectivity index (χ4n) is 1.95. The van der Waals surface area contributed by atoms with Crippen LogP contribution < -0.4 is 10.6 Å². The van der Waals surface area contributed by atoms with Gasteiger partial charge in [0.2, 0.25) is 5.95 Å². The molecule has 1 aromatic rings. The van der Waals surface area contributed by atoms with Gasteiger partial charge in [-0.2, -0.15) is 0 Å². The first kappa shape index (κ1) is 11.1. The molecule has 0 saturated carbocycles. The third kappa shape index (κ3) is 2.82. The Labute approximate surface area is 95.6 Å². The van der Waals surface area contributed by atoms with Gasteiger partial charge in [-0.1, -0.05) is 0 Å². The molecular weight excluding hydrogens is 204 g/mol. The number of nitrogen functional groups attached to an aromatic ring is 1. The predicted octanol–water partition coefficient (Wildman–Crippen LogP) is 0.922. The van der Waals surface area contributed by atoms with Crippen molar-refractivity contribution in [1.82, 2.24) is 9.97 Å². The van der Waals surface area contributed by atoms with Crippen LogP contribution in [0, 0.1) is 5.92 Å². The first-order valence-electron chi connectivity index (χ1n) is 5.62. The summed E-state index contributed by atoms with van der Waals surface area (Å²) in [5.74, 6) is 1.31. The number of aromatic nitrogens is 2. The first-order valence-corrected chi connectivity index (χ1v) is 5.62. The predicted molar refractivity (Wildman–Crippen MR) is 63.3 cm³/mol. The minimum Gasteiger partial charge on any atom is -0.396 e. The number of rotatable bonds is 3. The molecule has 1 aromatic heterocycles. The van der Waals surface area contributed by atoms with Gasteiger partial charge >= 0.3 is 0 Å². The maximum absolute atomic E-state index is 5.55. The molecule has 0 amide bonds. The zero-order valence-corrected chi connectivity index (χ0v) is 9.59. The van der Waals surface area contributed by atoms with E-state index in [4.69, 9.17) is 10.5 Å². The minimum atomic E-state index is 0.583. The molecule has 2 heterocycles. The summed E-state index contributed by atoms with van der Waals surface area (Å²) in [4.78, 5) is 10.4. The van der Waals surface area contributed by atoms with Crippen LogP contribution in [0.25, 0.3) is 0 Å². The van der Waals surface area contributed by atoms with Crippen LogP contribution in [0.4, 0.5) is 11.6 Å². The molecule has 0 spiro atoms. The molecule has 1 atom stereocenters. The summed E-state index contributed by atoms with van der Waals surface area (Å²) in [6.07, 6.45) is 5.65. The van der Waals surface area contributed by atoms with Crippen LogP contribution >= 0.6 is 0 Å². The van der Waals surface area contributed by atoms with E-state index in [0.29, 0.717) is 11.6 Å². The molecule has 1 saturated heterocycles. The molecule has 0 radical (unpaired) electrons. The van der Waals surface area contributed by atoms with E-state index in [1.165, 1.54) is 6.42 Å². The standard InChI is InChI=1S/C11H18N4O/c1-15(7-9-3-2-4-16-8-9)11-13-5-10(12)6-14-11/h5-6,9H,2-4,7-8,12H2,1H3. The summed E-state index contributed by atoms with van der Waals surface area (Å²) in [7, 11) is 2.00. The van der Waals surface area contributed by atoms with Gasteiger partial charge in [0.15, 0.2) is 0 Å². The van der Waals surface area contributed by atoms with Crippen LogP contribution in [-0.4, -0.2) is 36.8 Å². The van der Waals surface area contributed by atoms with E-state index in [0.717, 1.165) is 32.1 Å². The summed E-state index contributed by atoms with van der Waals surface area (Å²) in [5.41, 5.74) is 6.14. The average Bonchev–Trinajstić information content (AvgIpc) is 2.31. The van der Waals surface area contributed by atoms with E-state index in [9.17, 15) is 0 Å². The van der Waals surface area contributed by atoms with Crippen LogP contribution in [0.3, 0.4) is 0 Å². The molecule has 0 aliphatic carbocycles. The minimum absolute atomic E-state index is 0.583. The lowest BCUT2D eigenvalue weighted by atomic mass is 10.0. The van der Waals surface area contributed by atoms with Crippen molar-refractivity contribution >= 4 is 11.6 Å². The Hall–Kier alpha value is -1.36. The molecule has 2 N–H and O–H groups in total. The summed E-state index contributed by atoms with van der Waals surface area (Å²) in [6.45, 7) is 2.68. The fraction of sp³-hybridized carbons (Fsp3) is 0.636. The SMILES string of the molecule is CN(CC1CCCOC1)c1ncc(N)cn1. The van der Waals surface area contributed by atoms with E-state index in [2.05, 4.69) is 14.9 Å². The molecular formula is C11H18N4O. The molecule has 1 unspecified atom stereocenters. The van der Waals surface area contributed by atoms with Crippen LogP contribution in [-0.2, 0) is 4.74 Å². The van der Waals surface area contributed by atoms with Gasteiger partial charge in [-0.15, -0.1) is 0 Å². The van der Waals surface area contributed by atoms with Crippen molar-refractivity contribution in [1.29, 1.82) is 0 Å². The zero-order chi connectivity index (χ0) is 11.4. The van der Waals surface area contributed by atoms with Gasteiger partial charge in [-0.05, 0) is 18.8 Å². The number of nitrogens with two attached hydrogens (primary N) is 1. The molecule has 88 valence electrons. The van der Waals surface area contributed by atoms with Gasteiger partial charge in [0.1, 0.15) is 0 Å². The summed E-state index contributed by atoms with van der Waals surface area (Å²) in [6, 6.07) is 0. The summed E-state index contributed by atoms with van der Waals surface area (Å²) < 4.78 is 5.45. The highest BCUT2D eigenvalue weighted by Crippen LogP contribution is 2.16. The molecule has 0 bridgehead atoms. The lowest BCUT2D eigenvalue weighted by Crippen LogP contribution is -2.31. The van der Waals surface area contributed by atoms with Gasteiger partial charge in [-0.25, -0.2) is 9.97 Å². The largest absolute Gasteiger partial charge is 0.396 e. The summed E-state index contributed by atoms with van der Waals surface area (Å²) in [5, 5.41) is 0. The third-order valence-corrected chi connectivity index (χ3v) is 2.79. The monoisotopic (exact) mass is 222 g/mol. The Morgan fingerprint density at radius 3 is 2.88 bits per heavy atom. The van der Waals surface area contributed by atoms with Crippen molar-refractivity contribution in [2.24, 2.45) is 5.92 Å². The van der Waals surface area contributed by atoms with Gasteiger partial charge in [0.25, 0.3) is 0 Å². The number of hydrogen-bond donors (Lipinski definition) is 1. The highest BCUT2D eigenvalue weighted by atomic mass is 16.5. The number of nitrogens with zero attached hydrogens (tertiary/aromatic N) is 3. The van der Waals surface area contributed by atoms with Gasteiger partial charge in [0.05, 0.1) is 24.7 Å². The second-order valence-corrected chi connectivity index (χ2v) is 4.28. The number of ether oxygens (including phenoxy) is 1. The lowest BCUT2D eigenvalue weighted by Gasteiger charge is -2.27. The van der Waals surface area contributed by atoms with Crippen molar-refractivity contribution in [2.75, 3.05) is 37.4 Å².